The molecule has 3 aromatic carbocycles. The fourth-order valence-electron chi connectivity index (χ4n) is 5.38. The Morgan fingerprint density at radius 2 is 1.38 bits per heavy atom. The Morgan fingerprint density at radius 3 is 2.00 bits per heavy atom. The summed E-state index contributed by atoms with van der Waals surface area (Å²) in [6.07, 6.45) is 2.26. The fourth-order valence-corrected chi connectivity index (χ4v) is 6.31. The summed E-state index contributed by atoms with van der Waals surface area (Å²) >= 11 is 1.68. The Kier molecular flexibility index (Phi) is 6.94. The van der Waals surface area contributed by atoms with Crippen molar-refractivity contribution in [2.24, 2.45) is 4.99 Å². The van der Waals surface area contributed by atoms with E-state index in [-0.39, 0.29) is 6.04 Å². The van der Waals surface area contributed by atoms with Crippen LogP contribution in [-0.4, -0.2) is 56.4 Å². The third kappa shape index (κ3) is 4.84. The minimum Gasteiger partial charge on any atom is -0.497 e. The first-order valence-electron chi connectivity index (χ1n) is 12.9. The van der Waals surface area contributed by atoms with Gasteiger partial charge in [0, 0.05) is 18.5 Å². The Hall–Kier alpha value is -3.94. The van der Waals surface area contributed by atoms with Gasteiger partial charge in [0.2, 0.25) is 0 Å². The van der Waals surface area contributed by atoms with Gasteiger partial charge in [0.25, 0.3) is 0 Å². The second kappa shape index (κ2) is 10.7. The van der Waals surface area contributed by atoms with Crippen LogP contribution in [0, 0.1) is 0 Å². The smallest absolute Gasteiger partial charge is 0.174 e. The molecule has 0 radical (unpaired) electrons. The van der Waals surface area contributed by atoms with E-state index < -0.39 is 0 Å². The average Bonchev–Trinajstić information content (AvgIpc) is 3.40. The molecule has 6 nitrogen and oxygen atoms in total. The number of hydrogen-bond donors (Lipinski definition) is 0. The van der Waals surface area contributed by atoms with E-state index in [4.69, 9.17) is 19.2 Å². The van der Waals surface area contributed by atoms with Crippen molar-refractivity contribution >= 4 is 28.7 Å². The molecule has 198 valence electrons. The van der Waals surface area contributed by atoms with E-state index in [1.807, 2.05) is 36.4 Å². The molecule has 1 atom stereocenters. The van der Waals surface area contributed by atoms with Crippen molar-refractivity contribution in [1.82, 2.24) is 9.80 Å². The van der Waals surface area contributed by atoms with Gasteiger partial charge in [-0.1, -0.05) is 36.0 Å². The van der Waals surface area contributed by atoms with Crippen molar-refractivity contribution in [3.05, 3.63) is 112 Å². The van der Waals surface area contributed by atoms with E-state index >= 15 is 0 Å². The number of ether oxygens (including phenoxy) is 3. The van der Waals surface area contributed by atoms with E-state index in [9.17, 15) is 0 Å². The number of thioether (sulfide) groups is 1. The topological polar surface area (TPSA) is 46.5 Å². The van der Waals surface area contributed by atoms with E-state index in [1.54, 1.807) is 33.1 Å². The van der Waals surface area contributed by atoms with E-state index in [1.165, 1.54) is 16.7 Å². The zero-order chi connectivity index (χ0) is 26.9. The van der Waals surface area contributed by atoms with Gasteiger partial charge in [0.1, 0.15) is 17.2 Å². The molecule has 0 aliphatic carbocycles. The van der Waals surface area contributed by atoms with Crippen LogP contribution in [0.5, 0.6) is 17.2 Å². The fraction of sp³-hybridized carbons (Fsp3) is 0.219. The normalized spacial score (nSPS) is 19.8. The Balaban J connectivity index is 1.47. The van der Waals surface area contributed by atoms with Gasteiger partial charge in [0.15, 0.2) is 5.17 Å². The van der Waals surface area contributed by atoms with Gasteiger partial charge < -0.3 is 19.1 Å². The second-order valence-corrected chi connectivity index (χ2v) is 10.6. The molecule has 0 N–H and O–H groups in total. The first kappa shape index (κ1) is 25.3. The SMILES string of the molecule is COc1ccc(/C=C2\CN(C)CC3=C2N=C2SC=C(c4ccc(OC)cc4)N2C3c2ccc(OC)cc2)cc1. The lowest BCUT2D eigenvalue weighted by atomic mass is 9.88. The molecule has 0 saturated carbocycles. The number of rotatable bonds is 6. The minimum absolute atomic E-state index is 0.00350. The predicted octanol–water partition coefficient (Wildman–Crippen LogP) is 6.45. The van der Waals surface area contributed by atoms with Crippen LogP contribution in [0.3, 0.4) is 0 Å². The standard InChI is InChI=1S/C32H31N3O3S/c1-34-18-24(17-21-5-11-25(36-2)12-6-21)30-28(19-34)31(23-9-15-27(38-4)16-10-23)35-29(20-39-32(35)33-30)22-7-13-26(37-3)14-8-22/h5-17,20,31H,18-19H2,1-4H3/b24-17+. The molecule has 1 unspecified atom stereocenters. The number of likely N-dealkylation sites (N-methyl/N-ethyl adjacent to an activating group) is 1. The maximum absolute atomic E-state index is 5.48. The molecular formula is C32H31N3O3S. The number of fused-ring (bicyclic) bond motifs is 1. The van der Waals surface area contributed by atoms with Crippen LogP contribution in [0.4, 0.5) is 0 Å². The lowest BCUT2D eigenvalue weighted by molar-refractivity contribution is 0.344. The lowest BCUT2D eigenvalue weighted by Gasteiger charge is -2.42. The lowest BCUT2D eigenvalue weighted by Crippen LogP contribution is -2.40. The Bertz CT molecular complexity index is 1490. The van der Waals surface area contributed by atoms with Gasteiger partial charge in [-0.05, 0) is 89.5 Å². The molecule has 0 spiro atoms. The number of methoxy groups -OCH3 is 3. The molecule has 3 aliphatic rings. The maximum atomic E-state index is 5.48. The molecule has 39 heavy (non-hydrogen) atoms. The first-order valence-corrected chi connectivity index (χ1v) is 13.8. The molecule has 0 fully saturated rings. The second-order valence-electron chi connectivity index (χ2n) is 9.78. The van der Waals surface area contributed by atoms with Crippen LogP contribution in [-0.2, 0) is 0 Å². The minimum atomic E-state index is 0.00350. The van der Waals surface area contributed by atoms with Crippen LogP contribution >= 0.6 is 11.8 Å². The third-order valence-electron chi connectivity index (χ3n) is 7.30. The summed E-state index contributed by atoms with van der Waals surface area (Å²) < 4.78 is 16.2. The molecule has 7 heteroatoms. The quantitative estimate of drug-likeness (QED) is 0.360. The highest BCUT2D eigenvalue weighted by Crippen LogP contribution is 2.49. The summed E-state index contributed by atoms with van der Waals surface area (Å²) in [5.74, 6) is 2.54. The highest BCUT2D eigenvalue weighted by Gasteiger charge is 2.41. The summed E-state index contributed by atoms with van der Waals surface area (Å²) in [7, 11) is 7.26. The number of amidine groups is 1. The predicted molar refractivity (Wildman–Crippen MR) is 159 cm³/mol. The van der Waals surface area contributed by atoms with E-state index in [0.717, 1.165) is 58.0 Å². The van der Waals surface area contributed by atoms with Crippen LogP contribution in [0.25, 0.3) is 11.8 Å². The van der Waals surface area contributed by atoms with Crippen molar-refractivity contribution in [3.8, 4) is 17.2 Å². The molecular weight excluding hydrogens is 506 g/mol. The van der Waals surface area contributed by atoms with Crippen molar-refractivity contribution < 1.29 is 14.2 Å². The molecule has 0 amide bonds. The third-order valence-corrected chi connectivity index (χ3v) is 8.14. The summed E-state index contributed by atoms with van der Waals surface area (Å²) in [6, 6.07) is 24.9. The maximum Gasteiger partial charge on any atom is 0.174 e. The van der Waals surface area contributed by atoms with Crippen LogP contribution < -0.4 is 14.2 Å². The number of hydrogen-bond acceptors (Lipinski definition) is 7. The van der Waals surface area contributed by atoms with Gasteiger partial charge in [0.05, 0.1) is 38.8 Å². The van der Waals surface area contributed by atoms with Crippen molar-refractivity contribution in [3.63, 3.8) is 0 Å². The van der Waals surface area contributed by atoms with Gasteiger partial charge in [-0.25, -0.2) is 4.99 Å². The van der Waals surface area contributed by atoms with Crippen LogP contribution in [0.2, 0.25) is 0 Å². The van der Waals surface area contributed by atoms with E-state index in [2.05, 4.69) is 64.7 Å². The summed E-state index contributed by atoms with van der Waals surface area (Å²) in [5.41, 5.74) is 8.21. The molecule has 3 aromatic rings. The van der Waals surface area contributed by atoms with Crippen molar-refractivity contribution in [1.29, 1.82) is 0 Å². The largest absolute Gasteiger partial charge is 0.497 e. The van der Waals surface area contributed by atoms with Gasteiger partial charge in [-0.2, -0.15) is 0 Å². The highest BCUT2D eigenvalue weighted by molar-refractivity contribution is 8.16. The van der Waals surface area contributed by atoms with Crippen LogP contribution in [0.1, 0.15) is 22.7 Å². The highest BCUT2D eigenvalue weighted by atomic mass is 32.2. The first-order chi connectivity index (χ1) is 19.1. The Labute approximate surface area is 233 Å². The number of aliphatic imine (C=N–C) groups is 1. The molecule has 0 aromatic heterocycles. The zero-order valence-electron chi connectivity index (χ0n) is 22.5. The average molecular weight is 538 g/mol. The summed E-state index contributed by atoms with van der Waals surface area (Å²) in [5, 5.41) is 3.21. The molecule has 6 rings (SSSR count). The number of benzene rings is 3. The Morgan fingerprint density at radius 1 is 0.795 bits per heavy atom. The van der Waals surface area contributed by atoms with Crippen LogP contribution in [0.15, 0.2) is 100 Å². The van der Waals surface area contributed by atoms with Gasteiger partial charge >= 0.3 is 0 Å². The zero-order valence-corrected chi connectivity index (χ0v) is 23.4. The number of nitrogens with zero attached hydrogens (tertiary/aromatic N) is 3. The summed E-state index contributed by atoms with van der Waals surface area (Å²) in [6.45, 7) is 1.67. The van der Waals surface area contributed by atoms with Gasteiger partial charge in [-0.3, -0.25) is 4.90 Å². The molecule has 0 saturated heterocycles. The summed E-state index contributed by atoms with van der Waals surface area (Å²) in [4.78, 5) is 10.0. The molecule has 3 aliphatic heterocycles. The van der Waals surface area contributed by atoms with Crippen molar-refractivity contribution in [2.75, 3.05) is 41.5 Å². The molecule has 3 heterocycles. The van der Waals surface area contributed by atoms with Crippen molar-refractivity contribution in [2.45, 2.75) is 6.04 Å². The monoisotopic (exact) mass is 537 g/mol. The molecule has 0 bridgehead atoms. The van der Waals surface area contributed by atoms with E-state index in [0.29, 0.717) is 0 Å². The van der Waals surface area contributed by atoms with Gasteiger partial charge in [-0.15, -0.1) is 0 Å².